The summed E-state index contributed by atoms with van der Waals surface area (Å²) in [4.78, 5) is 41.5. The predicted molar refractivity (Wildman–Crippen MR) is 80.9 cm³/mol. The smallest absolute Gasteiger partial charge is 0.386 e. The number of ether oxygens (including phenoxy) is 1. The van der Waals surface area contributed by atoms with E-state index in [2.05, 4.69) is 20.4 Å². The third-order valence-corrected chi connectivity index (χ3v) is 5.22. The molecule has 1 aromatic rings. The Bertz CT molecular complexity index is 819. The number of aliphatic hydroxyl groups excluding tert-OH is 1. The van der Waals surface area contributed by atoms with Crippen molar-refractivity contribution in [3.8, 4) is 0 Å². The maximum Gasteiger partial charge on any atom is 0.481 e. The molecule has 6 N–H and O–H groups in total. The van der Waals surface area contributed by atoms with E-state index in [-0.39, 0.29) is 11.4 Å². The van der Waals surface area contributed by atoms with Crippen LogP contribution in [0.1, 0.15) is 6.23 Å². The molecular formula is C10H15N3O10P2. The van der Waals surface area contributed by atoms with Gasteiger partial charge in [0.1, 0.15) is 18.0 Å². The predicted octanol–water partition coefficient (Wildman–Crippen LogP) is -1.13. The molecule has 0 amide bonds. The van der Waals surface area contributed by atoms with Gasteiger partial charge in [-0.05, 0) is 6.07 Å². The Morgan fingerprint density at radius 2 is 2.04 bits per heavy atom. The van der Waals surface area contributed by atoms with Crippen LogP contribution in [0.25, 0.3) is 0 Å². The summed E-state index contributed by atoms with van der Waals surface area (Å²) in [7, 11) is -10.4. The van der Waals surface area contributed by atoms with Gasteiger partial charge < -0.3 is 30.3 Å². The highest BCUT2D eigenvalue weighted by atomic mass is 31.3. The van der Waals surface area contributed by atoms with E-state index < -0.39 is 46.4 Å². The van der Waals surface area contributed by atoms with E-state index >= 15 is 0 Å². The molecule has 140 valence electrons. The molecule has 0 spiro atoms. The molecule has 0 aromatic carbocycles. The molecule has 0 bridgehead atoms. The summed E-state index contributed by atoms with van der Waals surface area (Å²) in [6.45, 7) is 2.80. The number of rotatable bonds is 6. The summed E-state index contributed by atoms with van der Waals surface area (Å²) in [5.74, 6) is -0.0268. The van der Waals surface area contributed by atoms with Gasteiger partial charge >= 0.3 is 21.3 Å². The molecule has 1 aliphatic rings. The van der Waals surface area contributed by atoms with Gasteiger partial charge in [0.2, 0.25) is 0 Å². The van der Waals surface area contributed by atoms with Crippen molar-refractivity contribution >= 4 is 21.5 Å². The fourth-order valence-electron chi connectivity index (χ4n) is 2.02. The third kappa shape index (κ3) is 5.05. The molecular weight excluding hydrogens is 384 g/mol. The average Bonchev–Trinajstić information content (AvgIpc) is 2.71. The molecule has 1 fully saturated rings. The Morgan fingerprint density at radius 3 is 2.60 bits per heavy atom. The highest BCUT2D eigenvalue weighted by Gasteiger charge is 2.41. The number of phosphoric ester groups is 1. The van der Waals surface area contributed by atoms with Gasteiger partial charge in [0.05, 0.1) is 6.61 Å². The van der Waals surface area contributed by atoms with Crippen LogP contribution in [-0.2, 0) is 22.7 Å². The summed E-state index contributed by atoms with van der Waals surface area (Å²) in [6, 6.07) is 1.31. The lowest BCUT2D eigenvalue weighted by atomic mass is 10.1. The minimum absolute atomic E-state index is 0.0268. The van der Waals surface area contributed by atoms with Gasteiger partial charge in [-0.25, -0.2) is 13.9 Å². The standard InChI is InChI=1S/C10H15N3O10P2/c1-5-8(14)6(4-21-25(19,20)23-24(16,17)18)22-9(5)13-3-2-7(11)12-10(13)15/h2-3,6,8-9,14H,1,4H2,(H,19,20)(H2,11,12,15)(H2,16,17,18)/t6-,8+,9-/m1/s1. The van der Waals surface area contributed by atoms with Crippen molar-refractivity contribution in [1.29, 1.82) is 0 Å². The van der Waals surface area contributed by atoms with Gasteiger partial charge in [-0.15, -0.1) is 0 Å². The summed E-state index contributed by atoms with van der Waals surface area (Å²) in [5, 5.41) is 10.0. The van der Waals surface area contributed by atoms with E-state index in [1.54, 1.807) is 0 Å². The van der Waals surface area contributed by atoms with Crippen molar-refractivity contribution in [3.05, 3.63) is 34.9 Å². The Morgan fingerprint density at radius 1 is 1.40 bits per heavy atom. The fraction of sp³-hybridized carbons (Fsp3) is 0.400. The van der Waals surface area contributed by atoms with E-state index in [4.69, 9.17) is 20.3 Å². The number of nitrogens with zero attached hydrogens (tertiary/aromatic N) is 2. The number of nitrogens with two attached hydrogens (primary N) is 1. The van der Waals surface area contributed by atoms with Crippen molar-refractivity contribution in [2.24, 2.45) is 0 Å². The van der Waals surface area contributed by atoms with E-state index in [0.717, 1.165) is 4.57 Å². The van der Waals surface area contributed by atoms with E-state index in [9.17, 15) is 23.9 Å². The number of hydrogen-bond acceptors (Lipinski definition) is 9. The maximum atomic E-state index is 11.8. The van der Waals surface area contributed by atoms with Gasteiger partial charge in [-0.2, -0.15) is 9.29 Å². The molecule has 0 saturated carbocycles. The second kappa shape index (κ2) is 7.08. The molecule has 1 unspecified atom stereocenters. The molecule has 13 nitrogen and oxygen atoms in total. The number of phosphoric acid groups is 2. The summed E-state index contributed by atoms with van der Waals surface area (Å²) in [6.07, 6.45) is -2.55. The van der Waals surface area contributed by atoms with Crippen molar-refractivity contribution in [2.45, 2.75) is 18.4 Å². The first kappa shape index (κ1) is 19.9. The minimum Gasteiger partial charge on any atom is -0.386 e. The van der Waals surface area contributed by atoms with Crippen LogP contribution in [0.15, 0.2) is 29.2 Å². The number of aromatic nitrogens is 2. The average molecular weight is 399 g/mol. The molecule has 0 radical (unpaired) electrons. The van der Waals surface area contributed by atoms with Crippen LogP contribution in [0, 0.1) is 0 Å². The fourth-order valence-corrected chi connectivity index (χ4v) is 3.62. The lowest BCUT2D eigenvalue weighted by Gasteiger charge is -2.17. The lowest BCUT2D eigenvalue weighted by molar-refractivity contribution is -0.0438. The van der Waals surface area contributed by atoms with Gasteiger partial charge in [0.15, 0.2) is 6.23 Å². The zero-order valence-corrected chi connectivity index (χ0v) is 14.2. The van der Waals surface area contributed by atoms with Gasteiger partial charge in [0.25, 0.3) is 0 Å². The first-order valence-corrected chi connectivity index (χ1v) is 9.53. The summed E-state index contributed by atoms with van der Waals surface area (Å²) in [5.41, 5.74) is 4.62. The van der Waals surface area contributed by atoms with Crippen LogP contribution in [0.5, 0.6) is 0 Å². The first-order valence-electron chi connectivity index (χ1n) is 6.51. The molecule has 1 saturated heterocycles. The molecule has 1 aromatic heterocycles. The van der Waals surface area contributed by atoms with E-state index in [1.807, 2.05) is 0 Å². The molecule has 2 heterocycles. The van der Waals surface area contributed by atoms with Crippen molar-refractivity contribution in [2.75, 3.05) is 12.3 Å². The Hall–Kier alpha value is -1.40. The molecule has 4 atom stereocenters. The molecule has 15 heteroatoms. The second-order valence-electron chi connectivity index (χ2n) is 4.93. The van der Waals surface area contributed by atoms with Crippen molar-refractivity contribution in [3.63, 3.8) is 0 Å². The van der Waals surface area contributed by atoms with Crippen LogP contribution in [0.4, 0.5) is 5.82 Å². The van der Waals surface area contributed by atoms with Gasteiger partial charge in [-0.3, -0.25) is 9.09 Å². The normalized spacial score (nSPS) is 26.6. The minimum atomic E-state index is -5.27. The number of aliphatic hydroxyl groups is 1. The Balaban J connectivity index is 2.10. The van der Waals surface area contributed by atoms with Crippen molar-refractivity contribution < 1.29 is 42.5 Å². The Labute approximate surface area is 140 Å². The number of hydrogen-bond donors (Lipinski definition) is 5. The largest absolute Gasteiger partial charge is 0.481 e. The van der Waals surface area contributed by atoms with Crippen LogP contribution < -0.4 is 11.4 Å². The zero-order valence-electron chi connectivity index (χ0n) is 12.4. The molecule has 1 aliphatic heterocycles. The lowest BCUT2D eigenvalue weighted by Crippen LogP contribution is -2.28. The molecule has 2 rings (SSSR count). The van der Waals surface area contributed by atoms with Crippen LogP contribution >= 0.6 is 15.6 Å². The van der Waals surface area contributed by atoms with Gasteiger partial charge in [-0.1, -0.05) is 6.58 Å². The number of nitrogen functional groups attached to an aromatic ring is 1. The summed E-state index contributed by atoms with van der Waals surface area (Å²) >= 11 is 0. The van der Waals surface area contributed by atoms with Crippen LogP contribution in [0.3, 0.4) is 0 Å². The zero-order chi connectivity index (χ0) is 19.0. The van der Waals surface area contributed by atoms with E-state index in [1.165, 1.54) is 12.3 Å². The first-order chi connectivity index (χ1) is 11.4. The highest BCUT2D eigenvalue weighted by Crippen LogP contribution is 2.57. The van der Waals surface area contributed by atoms with Crippen molar-refractivity contribution in [1.82, 2.24) is 9.55 Å². The highest BCUT2D eigenvalue weighted by molar-refractivity contribution is 7.60. The quantitative estimate of drug-likeness (QED) is 0.285. The summed E-state index contributed by atoms with van der Waals surface area (Å²) < 4.78 is 36.3. The topological polar surface area (TPSA) is 204 Å². The monoisotopic (exact) mass is 399 g/mol. The van der Waals surface area contributed by atoms with Gasteiger partial charge in [0, 0.05) is 11.8 Å². The molecule has 25 heavy (non-hydrogen) atoms. The SMILES string of the molecule is C=C1[C@H](n2ccc(N)nc2=O)O[C@H](COP(=O)(O)OP(=O)(O)O)[C@H]1O. The second-order valence-corrected chi connectivity index (χ2v) is 7.76. The van der Waals surface area contributed by atoms with Crippen LogP contribution in [-0.4, -0.2) is 48.2 Å². The molecule has 0 aliphatic carbocycles. The number of anilines is 1. The maximum absolute atomic E-state index is 11.8. The van der Waals surface area contributed by atoms with E-state index in [0.29, 0.717) is 0 Å². The third-order valence-electron chi connectivity index (χ3n) is 3.07. The Kier molecular flexibility index (Phi) is 5.64. The van der Waals surface area contributed by atoms with Crippen LogP contribution in [0.2, 0.25) is 0 Å².